The fraction of sp³-hybridized carbons (Fsp3) is 0.500. The molecule has 18 heavy (non-hydrogen) atoms. The van der Waals surface area contributed by atoms with Gasteiger partial charge < -0.3 is 10.5 Å². The van der Waals surface area contributed by atoms with Crippen molar-refractivity contribution in [2.24, 2.45) is 0 Å². The van der Waals surface area contributed by atoms with Gasteiger partial charge in [-0.1, -0.05) is 6.92 Å². The van der Waals surface area contributed by atoms with Gasteiger partial charge in [0.1, 0.15) is 5.60 Å². The molecule has 0 radical (unpaired) electrons. The predicted octanol–water partition coefficient (Wildman–Crippen LogP) is 3.34. The van der Waals surface area contributed by atoms with Crippen LogP contribution in [0, 0.1) is 6.92 Å². The van der Waals surface area contributed by atoms with Crippen LogP contribution in [0.15, 0.2) is 18.2 Å². The predicted molar refractivity (Wildman–Crippen MR) is 74.8 cm³/mol. The maximum Gasteiger partial charge on any atom is 0.414 e. The first-order valence-electron chi connectivity index (χ1n) is 6.09. The number of aryl methyl sites for hydroxylation is 1. The van der Waals surface area contributed by atoms with E-state index in [4.69, 9.17) is 10.5 Å². The molecule has 100 valence electrons. The van der Waals surface area contributed by atoms with E-state index >= 15 is 0 Å². The minimum absolute atomic E-state index is 0.356. The highest BCUT2D eigenvalue weighted by atomic mass is 16.6. The minimum atomic E-state index is -0.450. The molecule has 0 saturated carbocycles. The molecule has 4 heteroatoms. The molecule has 1 rings (SSSR count). The molecule has 0 unspecified atom stereocenters. The maximum atomic E-state index is 12.0. The maximum absolute atomic E-state index is 12.0. The van der Waals surface area contributed by atoms with Crippen LogP contribution in [0.3, 0.4) is 0 Å². The van der Waals surface area contributed by atoms with Gasteiger partial charge in [-0.25, -0.2) is 4.79 Å². The van der Waals surface area contributed by atoms with Gasteiger partial charge in [-0.15, -0.1) is 0 Å². The molecule has 0 spiro atoms. The lowest BCUT2D eigenvalue weighted by molar-refractivity contribution is 0.0420. The topological polar surface area (TPSA) is 55.6 Å². The molecule has 2 N–H and O–H groups in total. The number of hydrogen-bond donors (Lipinski definition) is 1. The van der Waals surface area contributed by atoms with Crippen molar-refractivity contribution in [2.45, 2.75) is 39.7 Å². The molecule has 0 heterocycles. The number of amides is 1. The van der Waals surface area contributed by atoms with E-state index in [-0.39, 0.29) is 6.09 Å². The molecule has 0 aliphatic rings. The quantitative estimate of drug-likeness (QED) is 0.837. The zero-order valence-corrected chi connectivity index (χ0v) is 11.8. The summed E-state index contributed by atoms with van der Waals surface area (Å²) >= 11 is 0. The number of nitrogens with zero attached hydrogens (tertiary/aromatic N) is 1. The smallest absolute Gasteiger partial charge is 0.414 e. The van der Waals surface area contributed by atoms with E-state index in [1.165, 1.54) is 4.90 Å². The summed E-state index contributed by atoms with van der Waals surface area (Å²) in [7, 11) is 1.69. The molecule has 0 saturated heterocycles. The van der Waals surface area contributed by atoms with Gasteiger partial charge in [0.05, 0.1) is 0 Å². The first-order valence-corrected chi connectivity index (χ1v) is 6.09. The number of rotatable bonds is 3. The van der Waals surface area contributed by atoms with E-state index < -0.39 is 5.60 Å². The molecule has 0 fully saturated rings. The highest BCUT2D eigenvalue weighted by Crippen LogP contribution is 2.22. The lowest BCUT2D eigenvalue weighted by atomic mass is 10.1. The standard InChI is InChI=1S/C14H22N2O2/c1-6-14(3,4)18-13(17)16(5)11-7-8-12(15)10(2)9-11/h7-9H,6,15H2,1-5H3. The summed E-state index contributed by atoms with van der Waals surface area (Å²) in [4.78, 5) is 13.5. The van der Waals surface area contributed by atoms with E-state index in [0.29, 0.717) is 0 Å². The second-order valence-corrected chi connectivity index (χ2v) is 5.08. The number of hydrogen-bond acceptors (Lipinski definition) is 3. The second-order valence-electron chi connectivity index (χ2n) is 5.08. The fourth-order valence-corrected chi connectivity index (χ4v) is 1.35. The van der Waals surface area contributed by atoms with E-state index in [1.807, 2.05) is 39.8 Å². The van der Waals surface area contributed by atoms with Crippen LogP contribution in [-0.2, 0) is 4.74 Å². The highest BCUT2D eigenvalue weighted by Gasteiger charge is 2.23. The van der Waals surface area contributed by atoms with Gasteiger partial charge in [0.15, 0.2) is 0 Å². The van der Waals surface area contributed by atoms with E-state index in [0.717, 1.165) is 23.4 Å². The number of anilines is 2. The zero-order valence-electron chi connectivity index (χ0n) is 11.8. The SMILES string of the molecule is CCC(C)(C)OC(=O)N(C)c1ccc(N)c(C)c1. The summed E-state index contributed by atoms with van der Waals surface area (Å²) in [5.74, 6) is 0. The van der Waals surface area contributed by atoms with Gasteiger partial charge in [-0.2, -0.15) is 0 Å². The van der Waals surface area contributed by atoms with Crippen molar-refractivity contribution >= 4 is 17.5 Å². The molecule has 1 aromatic carbocycles. The molecule has 0 aliphatic heterocycles. The van der Waals surface area contributed by atoms with Crippen molar-refractivity contribution < 1.29 is 9.53 Å². The van der Waals surface area contributed by atoms with Crippen LogP contribution < -0.4 is 10.6 Å². The van der Waals surface area contributed by atoms with Gasteiger partial charge >= 0.3 is 6.09 Å². The summed E-state index contributed by atoms with van der Waals surface area (Å²) in [5, 5.41) is 0. The Morgan fingerprint density at radius 3 is 2.56 bits per heavy atom. The van der Waals surface area contributed by atoms with Crippen LogP contribution in [0.2, 0.25) is 0 Å². The Kier molecular flexibility index (Phi) is 4.22. The Morgan fingerprint density at radius 2 is 2.06 bits per heavy atom. The van der Waals surface area contributed by atoms with Crippen molar-refractivity contribution in [3.63, 3.8) is 0 Å². The monoisotopic (exact) mass is 250 g/mol. The van der Waals surface area contributed by atoms with Crippen LogP contribution in [0.1, 0.15) is 32.8 Å². The highest BCUT2D eigenvalue weighted by molar-refractivity contribution is 5.87. The van der Waals surface area contributed by atoms with Crippen LogP contribution in [0.4, 0.5) is 16.2 Å². The molecule has 0 aromatic heterocycles. The van der Waals surface area contributed by atoms with Gasteiger partial charge in [-0.3, -0.25) is 4.90 Å². The summed E-state index contributed by atoms with van der Waals surface area (Å²) < 4.78 is 5.43. The molecular weight excluding hydrogens is 228 g/mol. The normalized spacial score (nSPS) is 11.2. The van der Waals surface area contributed by atoms with Gasteiger partial charge in [0.2, 0.25) is 0 Å². The number of nitrogens with two attached hydrogens (primary N) is 1. The Morgan fingerprint density at radius 1 is 1.44 bits per heavy atom. The summed E-state index contributed by atoms with van der Waals surface area (Å²) in [6.45, 7) is 7.69. The second kappa shape index (κ2) is 5.29. The van der Waals surface area contributed by atoms with E-state index in [1.54, 1.807) is 13.1 Å². The third-order valence-corrected chi connectivity index (χ3v) is 3.13. The molecule has 0 bridgehead atoms. The number of ether oxygens (including phenoxy) is 1. The summed E-state index contributed by atoms with van der Waals surface area (Å²) in [6.07, 6.45) is 0.416. The Labute approximate surface area is 109 Å². The van der Waals surface area contributed by atoms with Crippen LogP contribution >= 0.6 is 0 Å². The minimum Gasteiger partial charge on any atom is -0.443 e. The van der Waals surface area contributed by atoms with Crippen LogP contribution in [0.5, 0.6) is 0 Å². The first kappa shape index (κ1) is 14.4. The number of carbonyl (C=O) groups excluding carboxylic acids is 1. The van der Waals surface area contributed by atoms with Gasteiger partial charge in [-0.05, 0) is 51.0 Å². The number of carbonyl (C=O) groups is 1. The third kappa shape index (κ3) is 3.39. The Bertz CT molecular complexity index is 441. The van der Waals surface area contributed by atoms with Crippen molar-refractivity contribution in [1.29, 1.82) is 0 Å². The number of nitrogen functional groups attached to an aromatic ring is 1. The molecular formula is C14H22N2O2. The van der Waals surface area contributed by atoms with Crippen LogP contribution in [0.25, 0.3) is 0 Å². The lowest BCUT2D eigenvalue weighted by Gasteiger charge is -2.27. The third-order valence-electron chi connectivity index (χ3n) is 3.13. The van der Waals surface area contributed by atoms with E-state index in [2.05, 4.69) is 0 Å². The van der Waals surface area contributed by atoms with Crippen molar-refractivity contribution in [3.05, 3.63) is 23.8 Å². The summed E-state index contributed by atoms with van der Waals surface area (Å²) in [5.41, 5.74) is 7.74. The molecule has 1 amide bonds. The van der Waals surface area contributed by atoms with Gasteiger partial charge in [0.25, 0.3) is 0 Å². The number of benzene rings is 1. The first-order chi connectivity index (χ1) is 8.26. The summed E-state index contributed by atoms with van der Waals surface area (Å²) in [6, 6.07) is 5.47. The van der Waals surface area contributed by atoms with Crippen LogP contribution in [-0.4, -0.2) is 18.7 Å². The fourth-order valence-electron chi connectivity index (χ4n) is 1.35. The van der Waals surface area contributed by atoms with Crippen molar-refractivity contribution in [2.75, 3.05) is 17.7 Å². The molecule has 0 atom stereocenters. The zero-order chi connectivity index (χ0) is 13.9. The van der Waals surface area contributed by atoms with Gasteiger partial charge in [0, 0.05) is 18.4 Å². The average Bonchev–Trinajstić information content (AvgIpc) is 2.31. The van der Waals surface area contributed by atoms with Crippen molar-refractivity contribution in [3.8, 4) is 0 Å². The Balaban J connectivity index is 2.83. The lowest BCUT2D eigenvalue weighted by Crippen LogP contribution is -2.35. The van der Waals surface area contributed by atoms with E-state index in [9.17, 15) is 4.79 Å². The average molecular weight is 250 g/mol. The molecule has 0 aliphatic carbocycles. The Hall–Kier alpha value is -1.71. The molecule has 1 aromatic rings. The largest absolute Gasteiger partial charge is 0.443 e. The molecule has 4 nitrogen and oxygen atoms in total. The van der Waals surface area contributed by atoms with Crippen molar-refractivity contribution in [1.82, 2.24) is 0 Å².